The number of carbonyl (C=O) groups excluding carboxylic acids is 1. The predicted octanol–water partition coefficient (Wildman–Crippen LogP) is 3.46. The molecule has 0 unspecified atom stereocenters. The zero-order chi connectivity index (χ0) is 22.8. The molecule has 4 rings (SSSR count). The van der Waals surface area contributed by atoms with E-state index in [1.165, 1.54) is 39.4 Å². The van der Waals surface area contributed by atoms with Crippen molar-refractivity contribution in [1.29, 1.82) is 0 Å². The molecule has 0 spiro atoms. The van der Waals surface area contributed by atoms with E-state index in [-0.39, 0.29) is 17.9 Å². The number of fused-ring (bicyclic) bond motifs is 1. The third-order valence-corrected chi connectivity index (χ3v) is 6.64. The average Bonchev–Trinajstić information content (AvgIpc) is 3.37. The molecular weight excluding hydrogens is 458 g/mol. The zero-order valence-electron chi connectivity index (χ0n) is 17.1. The van der Waals surface area contributed by atoms with Gasteiger partial charge >= 0.3 is 12.6 Å². The number of nitrogens with zero attached hydrogens (tertiary/aromatic N) is 2. The van der Waals surface area contributed by atoms with Crippen LogP contribution in [0.2, 0.25) is 0 Å². The molecule has 1 atom stereocenters. The number of allylic oxidation sites excluding steroid dienone is 1. The minimum Gasteiger partial charge on any atom is -0.463 e. The van der Waals surface area contributed by atoms with Gasteiger partial charge in [0.15, 0.2) is 4.80 Å². The third-order valence-electron chi connectivity index (χ3n) is 4.73. The van der Waals surface area contributed by atoms with E-state index in [1.807, 2.05) is 17.5 Å². The number of benzene rings is 1. The Labute approximate surface area is 189 Å². The molecule has 0 radical (unpaired) electrons. The van der Waals surface area contributed by atoms with Crippen molar-refractivity contribution in [3.63, 3.8) is 0 Å². The number of rotatable bonds is 6. The molecule has 166 valence electrons. The van der Waals surface area contributed by atoms with Gasteiger partial charge in [0.2, 0.25) is 0 Å². The van der Waals surface area contributed by atoms with Crippen molar-refractivity contribution in [2.24, 2.45) is 4.99 Å². The monoisotopic (exact) mass is 476 g/mol. The molecular formula is C22H18F2N2O4S2. The van der Waals surface area contributed by atoms with Crippen LogP contribution >= 0.6 is 22.7 Å². The van der Waals surface area contributed by atoms with E-state index in [4.69, 9.17) is 4.74 Å². The maximum absolute atomic E-state index is 13.4. The molecule has 3 heterocycles. The standard InChI is InChI=1S/C22H18F2N2O4S2/c1-3-29-20(28)17-12(2)25-22-26(18(17)15-5-4-10-31-15)19(27)16(32-22)11-13-6-8-14(9-7-13)30-21(23)24/h4-11,18,21H,3H2,1-2H3/b16-11+/t18-/m1/s1. The second kappa shape index (κ2) is 9.17. The quantitative estimate of drug-likeness (QED) is 0.511. The summed E-state index contributed by atoms with van der Waals surface area (Å²) in [6.07, 6.45) is 1.66. The highest BCUT2D eigenvalue weighted by Crippen LogP contribution is 2.33. The Balaban J connectivity index is 1.82. The second-order valence-corrected chi connectivity index (χ2v) is 8.75. The van der Waals surface area contributed by atoms with Gasteiger partial charge in [-0.1, -0.05) is 29.5 Å². The number of aromatic nitrogens is 1. The molecule has 0 aliphatic carbocycles. The van der Waals surface area contributed by atoms with Crippen LogP contribution in [0.1, 0.15) is 30.3 Å². The molecule has 0 saturated heterocycles. The smallest absolute Gasteiger partial charge is 0.387 e. The first kappa shape index (κ1) is 22.1. The second-order valence-electron chi connectivity index (χ2n) is 6.77. The van der Waals surface area contributed by atoms with Gasteiger partial charge in [-0.25, -0.2) is 9.79 Å². The molecule has 1 aliphatic heterocycles. The van der Waals surface area contributed by atoms with Crippen LogP contribution in [0.15, 0.2) is 62.8 Å². The first-order chi connectivity index (χ1) is 15.4. The van der Waals surface area contributed by atoms with E-state index in [2.05, 4.69) is 9.73 Å². The van der Waals surface area contributed by atoms with Crippen LogP contribution in [0, 0.1) is 0 Å². The molecule has 0 saturated carbocycles. The summed E-state index contributed by atoms with van der Waals surface area (Å²) in [4.78, 5) is 31.9. The molecule has 0 N–H and O–H groups in total. The van der Waals surface area contributed by atoms with Gasteiger partial charge in [0.25, 0.3) is 5.56 Å². The summed E-state index contributed by atoms with van der Waals surface area (Å²) < 4.78 is 36.2. The number of ether oxygens (including phenoxy) is 2. The maximum Gasteiger partial charge on any atom is 0.387 e. The summed E-state index contributed by atoms with van der Waals surface area (Å²) in [5.74, 6) is -0.470. The number of carbonyl (C=O) groups is 1. The average molecular weight is 477 g/mol. The summed E-state index contributed by atoms with van der Waals surface area (Å²) >= 11 is 2.64. The van der Waals surface area contributed by atoms with Crippen LogP contribution < -0.4 is 19.6 Å². The minimum absolute atomic E-state index is 0.0333. The summed E-state index contributed by atoms with van der Waals surface area (Å²) in [6.45, 7) is 0.758. The Morgan fingerprint density at radius 1 is 1.28 bits per heavy atom. The fourth-order valence-electron chi connectivity index (χ4n) is 3.40. The lowest BCUT2D eigenvalue weighted by molar-refractivity contribution is -0.139. The highest BCUT2D eigenvalue weighted by atomic mass is 32.1. The zero-order valence-corrected chi connectivity index (χ0v) is 18.7. The van der Waals surface area contributed by atoms with Gasteiger partial charge in [0.05, 0.1) is 22.4 Å². The lowest BCUT2D eigenvalue weighted by Gasteiger charge is -2.23. The van der Waals surface area contributed by atoms with Crippen molar-refractivity contribution >= 4 is 34.7 Å². The van der Waals surface area contributed by atoms with E-state index in [0.717, 1.165) is 4.88 Å². The van der Waals surface area contributed by atoms with Crippen molar-refractivity contribution < 1.29 is 23.0 Å². The van der Waals surface area contributed by atoms with Gasteiger partial charge in [-0.3, -0.25) is 9.36 Å². The molecule has 0 fully saturated rings. The normalized spacial score (nSPS) is 16.2. The molecule has 1 aliphatic rings. The van der Waals surface area contributed by atoms with Crippen molar-refractivity contribution in [2.45, 2.75) is 26.5 Å². The molecule has 6 nitrogen and oxygen atoms in total. The number of hydrogen-bond donors (Lipinski definition) is 0. The molecule has 10 heteroatoms. The molecule has 3 aromatic rings. The first-order valence-corrected chi connectivity index (χ1v) is 11.4. The summed E-state index contributed by atoms with van der Waals surface area (Å²) in [5.41, 5.74) is 1.19. The first-order valence-electron chi connectivity index (χ1n) is 9.67. The number of alkyl halides is 2. The highest BCUT2D eigenvalue weighted by Gasteiger charge is 2.33. The Hall–Kier alpha value is -3.11. The number of halogens is 2. The van der Waals surface area contributed by atoms with Crippen LogP contribution in [0.5, 0.6) is 5.75 Å². The van der Waals surface area contributed by atoms with Crippen LogP contribution in [0.4, 0.5) is 8.78 Å². The lowest BCUT2D eigenvalue weighted by Crippen LogP contribution is -2.39. The van der Waals surface area contributed by atoms with Crippen LogP contribution in [0.3, 0.4) is 0 Å². The van der Waals surface area contributed by atoms with Gasteiger partial charge < -0.3 is 9.47 Å². The maximum atomic E-state index is 13.4. The van der Waals surface area contributed by atoms with Gasteiger partial charge in [0.1, 0.15) is 11.8 Å². The van der Waals surface area contributed by atoms with Crippen LogP contribution in [0.25, 0.3) is 6.08 Å². The van der Waals surface area contributed by atoms with Crippen molar-refractivity contribution in [3.8, 4) is 5.75 Å². The van der Waals surface area contributed by atoms with Gasteiger partial charge in [-0.15, -0.1) is 11.3 Å². The SMILES string of the molecule is CCOC(=O)C1=C(C)N=c2s/c(=C/c3ccc(OC(F)F)cc3)c(=O)n2[C@@H]1c1cccs1. The Kier molecular flexibility index (Phi) is 6.33. The molecule has 0 bridgehead atoms. The van der Waals surface area contributed by atoms with E-state index in [9.17, 15) is 18.4 Å². The molecule has 0 amide bonds. The minimum atomic E-state index is -2.90. The highest BCUT2D eigenvalue weighted by molar-refractivity contribution is 7.10. The number of esters is 1. The Bertz CT molecular complexity index is 1340. The fourth-order valence-corrected chi connectivity index (χ4v) is 5.27. The van der Waals surface area contributed by atoms with Gasteiger partial charge in [-0.2, -0.15) is 8.78 Å². The van der Waals surface area contributed by atoms with Crippen molar-refractivity contribution in [3.05, 3.63) is 83.2 Å². The number of hydrogen-bond acceptors (Lipinski definition) is 7. The van der Waals surface area contributed by atoms with Gasteiger partial charge in [0, 0.05) is 4.88 Å². The number of thiophene rings is 1. The summed E-state index contributed by atoms with van der Waals surface area (Å²) in [7, 11) is 0. The molecule has 32 heavy (non-hydrogen) atoms. The summed E-state index contributed by atoms with van der Waals surface area (Å²) in [5, 5.41) is 1.88. The number of thiazole rings is 1. The van der Waals surface area contributed by atoms with Gasteiger partial charge in [-0.05, 0) is 49.1 Å². The van der Waals surface area contributed by atoms with E-state index >= 15 is 0 Å². The van der Waals surface area contributed by atoms with Crippen LogP contribution in [-0.2, 0) is 9.53 Å². The van der Waals surface area contributed by atoms with E-state index in [0.29, 0.717) is 26.2 Å². The predicted molar refractivity (Wildman–Crippen MR) is 118 cm³/mol. The largest absolute Gasteiger partial charge is 0.463 e. The Morgan fingerprint density at radius 3 is 2.66 bits per heavy atom. The van der Waals surface area contributed by atoms with Crippen molar-refractivity contribution in [1.82, 2.24) is 4.57 Å². The molecule has 2 aromatic heterocycles. The topological polar surface area (TPSA) is 69.9 Å². The third kappa shape index (κ3) is 4.28. The fraction of sp³-hybridized carbons (Fsp3) is 0.227. The summed E-state index contributed by atoms with van der Waals surface area (Å²) in [6, 6.07) is 9.08. The van der Waals surface area contributed by atoms with Crippen LogP contribution in [-0.4, -0.2) is 23.8 Å². The van der Waals surface area contributed by atoms with E-state index in [1.54, 1.807) is 32.1 Å². The molecule has 1 aromatic carbocycles. The Morgan fingerprint density at radius 2 is 2.03 bits per heavy atom. The van der Waals surface area contributed by atoms with Crippen molar-refractivity contribution in [2.75, 3.05) is 6.61 Å². The van der Waals surface area contributed by atoms with E-state index < -0.39 is 18.6 Å². The lowest BCUT2D eigenvalue weighted by atomic mass is 10.0.